The highest BCUT2D eigenvalue weighted by Crippen LogP contribution is 2.33. The Morgan fingerprint density at radius 2 is 1.37 bits per heavy atom. The summed E-state index contributed by atoms with van der Waals surface area (Å²) < 4.78 is 17.8. The Kier molecular flexibility index (Phi) is 6.84. The van der Waals surface area contributed by atoms with Crippen LogP contribution in [0, 0.1) is 0 Å². The van der Waals surface area contributed by atoms with E-state index in [1.54, 1.807) is 12.4 Å². The van der Waals surface area contributed by atoms with E-state index in [0.29, 0.717) is 26.4 Å². The van der Waals surface area contributed by atoms with E-state index in [0.717, 1.165) is 40.7 Å². The molecule has 27 heavy (non-hydrogen) atoms. The minimum absolute atomic E-state index is 0.596. The standard InChI is InChI=1S/C20H27N3O3Si/c1-4-24-27(25-5-2,26-6-3)15-9-14-21-18-16-10-7-12-22-19(16)20-17(18)11-8-13-23-20/h7-8,10-13H,4-6,9,14-15H2,1-3H3. The van der Waals surface area contributed by atoms with Gasteiger partial charge in [0.25, 0.3) is 0 Å². The average molecular weight is 386 g/mol. The van der Waals surface area contributed by atoms with Gasteiger partial charge in [-0.15, -0.1) is 0 Å². The van der Waals surface area contributed by atoms with Gasteiger partial charge in [-0.25, -0.2) is 0 Å². The van der Waals surface area contributed by atoms with Crippen molar-refractivity contribution >= 4 is 14.5 Å². The second-order valence-corrected chi connectivity index (χ2v) is 8.85. The summed E-state index contributed by atoms with van der Waals surface area (Å²) in [5, 5.41) is 0. The fourth-order valence-corrected chi connectivity index (χ4v) is 5.97. The first-order valence-corrected chi connectivity index (χ1v) is 11.5. The highest BCUT2D eigenvalue weighted by Gasteiger charge is 2.39. The molecule has 1 aliphatic rings. The van der Waals surface area contributed by atoms with Gasteiger partial charge in [0.1, 0.15) is 0 Å². The molecular formula is C20H27N3O3Si. The number of aliphatic imine (C=N–C) groups is 1. The summed E-state index contributed by atoms with van der Waals surface area (Å²) in [6, 6.07) is 8.76. The molecule has 0 aromatic carbocycles. The van der Waals surface area contributed by atoms with Gasteiger partial charge in [-0.05, 0) is 51.5 Å². The van der Waals surface area contributed by atoms with Crippen molar-refractivity contribution in [1.82, 2.24) is 9.97 Å². The minimum atomic E-state index is -2.61. The van der Waals surface area contributed by atoms with Gasteiger partial charge in [-0.2, -0.15) is 0 Å². The van der Waals surface area contributed by atoms with Crippen LogP contribution in [0.25, 0.3) is 11.4 Å². The van der Waals surface area contributed by atoms with Gasteiger partial charge in [-0.1, -0.05) is 0 Å². The number of hydrogen-bond donors (Lipinski definition) is 0. The molecule has 0 atom stereocenters. The van der Waals surface area contributed by atoms with Crippen molar-refractivity contribution in [3.63, 3.8) is 0 Å². The molecule has 0 aliphatic heterocycles. The molecule has 144 valence electrons. The summed E-state index contributed by atoms with van der Waals surface area (Å²) in [5.74, 6) is 0. The van der Waals surface area contributed by atoms with Crippen LogP contribution in [0.5, 0.6) is 0 Å². The largest absolute Gasteiger partial charge is 0.500 e. The van der Waals surface area contributed by atoms with Crippen LogP contribution in [0.4, 0.5) is 0 Å². The fourth-order valence-electron chi connectivity index (χ4n) is 3.37. The lowest BCUT2D eigenvalue weighted by Crippen LogP contribution is -2.46. The second-order valence-electron chi connectivity index (χ2n) is 6.12. The molecule has 0 amide bonds. The molecule has 0 unspecified atom stereocenters. The molecule has 6 nitrogen and oxygen atoms in total. The molecule has 2 heterocycles. The number of nitrogens with zero attached hydrogens (tertiary/aromatic N) is 3. The van der Waals surface area contributed by atoms with Gasteiger partial charge in [0, 0.05) is 55.9 Å². The van der Waals surface area contributed by atoms with Crippen molar-refractivity contribution in [1.29, 1.82) is 0 Å². The van der Waals surface area contributed by atoms with E-state index in [-0.39, 0.29) is 0 Å². The first-order chi connectivity index (χ1) is 13.2. The van der Waals surface area contributed by atoms with Crippen LogP contribution in [0.3, 0.4) is 0 Å². The number of rotatable bonds is 10. The van der Waals surface area contributed by atoms with Gasteiger partial charge < -0.3 is 13.3 Å². The molecule has 3 rings (SSSR count). The van der Waals surface area contributed by atoms with Crippen LogP contribution in [-0.4, -0.2) is 50.8 Å². The highest BCUT2D eigenvalue weighted by molar-refractivity contribution is 6.60. The lowest BCUT2D eigenvalue weighted by Gasteiger charge is -2.28. The molecular weight excluding hydrogens is 358 g/mol. The molecule has 7 heteroatoms. The van der Waals surface area contributed by atoms with E-state index in [9.17, 15) is 0 Å². The maximum absolute atomic E-state index is 5.92. The van der Waals surface area contributed by atoms with E-state index in [1.807, 2.05) is 32.9 Å². The van der Waals surface area contributed by atoms with Crippen molar-refractivity contribution in [2.24, 2.45) is 4.99 Å². The lowest BCUT2D eigenvalue weighted by atomic mass is 10.1. The Hall–Kier alpha value is -1.93. The van der Waals surface area contributed by atoms with Crippen LogP contribution in [0.1, 0.15) is 38.3 Å². The van der Waals surface area contributed by atoms with Gasteiger partial charge in [0.2, 0.25) is 0 Å². The smallest absolute Gasteiger partial charge is 0.374 e. The maximum Gasteiger partial charge on any atom is 0.500 e. The Morgan fingerprint density at radius 1 is 0.852 bits per heavy atom. The first kappa shape index (κ1) is 19.8. The molecule has 0 saturated heterocycles. The summed E-state index contributed by atoms with van der Waals surface area (Å²) in [7, 11) is -2.61. The van der Waals surface area contributed by atoms with E-state index in [1.165, 1.54) is 0 Å². The van der Waals surface area contributed by atoms with E-state index < -0.39 is 8.80 Å². The van der Waals surface area contributed by atoms with Crippen molar-refractivity contribution in [2.45, 2.75) is 33.2 Å². The molecule has 0 spiro atoms. The molecule has 0 radical (unpaired) electrons. The van der Waals surface area contributed by atoms with Gasteiger partial charge in [-0.3, -0.25) is 15.0 Å². The predicted molar refractivity (Wildman–Crippen MR) is 108 cm³/mol. The van der Waals surface area contributed by atoms with Crippen LogP contribution in [-0.2, 0) is 13.3 Å². The van der Waals surface area contributed by atoms with Crippen LogP contribution in [0.15, 0.2) is 41.7 Å². The summed E-state index contributed by atoms with van der Waals surface area (Å²) in [5.41, 5.74) is 4.89. The minimum Gasteiger partial charge on any atom is -0.374 e. The molecule has 0 bridgehead atoms. The number of pyridine rings is 2. The van der Waals surface area contributed by atoms with Crippen molar-refractivity contribution < 1.29 is 13.3 Å². The van der Waals surface area contributed by atoms with E-state index in [4.69, 9.17) is 18.3 Å². The van der Waals surface area contributed by atoms with Crippen LogP contribution < -0.4 is 0 Å². The average Bonchev–Trinajstić information content (AvgIpc) is 3.00. The summed E-state index contributed by atoms with van der Waals surface area (Å²) >= 11 is 0. The summed E-state index contributed by atoms with van der Waals surface area (Å²) in [6.07, 6.45) is 4.44. The molecule has 0 saturated carbocycles. The monoisotopic (exact) mass is 385 g/mol. The third kappa shape index (κ3) is 4.32. The zero-order valence-electron chi connectivity index (χ0n) is 16.3. The molecule has 2 aromatic rings. The Bertz CT molecular complexity index is 733. The van der Waals surface area contributed by atoms with Crippen molar-refractivity contribution in [3.05, 3.63) is 47.8 Å². The summed E-state index contributed by atoms with van der Waals surface area (Å²) in [4.78, 5) is 13.9. The first-order valence-electron chi connectivity index (χ1n) is 9.62. The number of hydrogen-bond acceptors (Lipinski definition) is 6. The quantitative estimate of drug-likeness (QED) is 0.393. The van der Waals surface area contributed by atoms with E-state index in [2.05, 4.69) is 22.1 Å². The highest BCUT2D eigenvalue weighted by atomic mass is 28.4. The zero-order valence-corrected chi connectivity index (χ0v) is 17.3. The van der Waals surface area contributed by atoms with Crippen molar-refractivity contribution in [3.8, 4) is 11.4 Å². The van der Waals surface area contributed by atoms with Crippen LogP contribution >= 0.6 is 0 Å². The second kappa shape index (κ2) is 9.32. The number of aromatic nitrogens is 2. The fraction of sp³-hybridized carbons (Fsp3) is 0.450. The summed E-state index contributed by atoms with van der Waals surface area (Å²) in [6.45, 7) is 8.40. The third-order valence-electron chi connectivity index (χ3n) is 4.35. The maximum atomic E-state index is 5.92. The Morgan fingerprint density at radius 3 is 1.85 bits per heavy atom. The van der Waals surface area contributed by atoms with Crippen LogP contribution in [0.2, 0.25) is 6.04 Å². The molecule has 2 aromatic heterocycles. The lowest BCUT2D eigenvalue weighted by molar-refractivity contribution is 0.0710. The SMILES string of the molecule is CCO[Si](CCCN=C1c2cccnc2-c2ncccc21)(OCC)OCC. The van der Waals surface area contributed by atoms with Gasteiger partial charge in [0.05, 0.1) is 17.1 Å². The van der Waals surface area contributed by atoms with Gasteiger partial charge >= 0.3 is 8.80 Å². The molecule has 1 aliphatic carbocycles. The predicted octanol–water partition coefficient (Wildman–Crippen LogP) is 3.73. The Balaban J connectivity index is 1.74. The van der Waals surface area contributed by atoms with E-state index >= 15 is 0 Å². The topological polar surface area (TPSA) is 65.8 Å². The Labute approximate surface area is 162 Å². The zero-order chi connectivity index (χ0) is 19.1. The third-order valence-corrected chi connectivity index (χ3v) is 7.51. The van der Waals surface area contributed by atoms with Gasteiger partial charge in [0.15, 0.2) is 0 Å². The normalized spacial score (nSPS) is 12.8. The number of fused-ring (bicyclic) bond motifs is 3. The molecule has 0 fully saturated rings. The molecule has 0 N–H and O–H groups in total. The van der Waals surface area contributed by atoms with Crippen molar-refractivity contribution in [2.75, 3.05) is 26.4 Å².